The molecule has 1 heterocycles. The van der Waals surface area contributed by atoms with Crippen LogP contribution in [0.1, 0.15) is 5.82 Å². The molecule has 0 spiro atoms. The van der Waals surface area contributed by atoms with E-state index in [1.807, 2.05) is 0 Å². The van der Waals surface area contributed by atoms with Gasteiger partial charge in [-0.2, -0.15) is 0 Å². The lowest BCUT2D eigenvalue weighted by Gasteiger charge is -2.10. The summed E-state index contributed by atoms with van der Waals surface area (Å²) in [6.07, 6.45) is 1.64. The van der Waals surface area contributed by atoms with E-state index in [2.05, 4.69) is 22.1 Å². The zero-order chi connectivity index (χ0) is 23.1. The summed E-state index contributed by atoms with van der Waals surface area (Å²) in [5.41, 5.74) is 0.0828. The molecule has 0 atom stereocenters. The van der Waals surface area contributed by atoms with Crippen molar-refractivity contribution in [1.82, 2.24) is 14.8 Å². The Morgan fingerprint density at radius 3 is 2.81 bits per heavy atom. The van der Waals surface area contributed by atoms with Crippen LogP contribution in [0.3, 0.4) is 0 Å². The smallest absolute Gasteiger partial charge is 0.271 e. The van der Waals surface area contributed by atoms with Crippen molar-refractivity contribution in [2.45, 2.75) is 18.3 Å². The predicted octanol–water partition coefficient (Wildman–Crippen LogP) is 4.47. The lowest BCUT2D eigenvalue weighted by molar-refractivity contribution is -0.384. The first kappa shape index (κ1) is 23.2. The highest BCUT2D eigenvalue weighted by atomic mass is 35.5. The van der Waals surface area contributed by atoms with Crippen LogP contribution < -0.4 is 10.1 Å². The number of thioether (sulfide) groups is 1. The second-order valence-electron chi connectivity index (χ2n) is 6.28. The number of halogens is 2. The number of nitrogens with one attached hydrogen (secondary N) is 1. The first-order chi connectivity index (χ1) is 15.4. The van der Waals surface area contributed by atoms with E-state index in [1.165, 1.54) is 24.3 Å². The molecule has 0 bridgehead atoms. The van der Waals surface area contributed by atoms with E-state index in [-0.39, 0.29) is 40.4 Å². The quantitative estimate of drug-likeness (QED) is 0.198. The third kappa shape index (κ3) is 5.83. The van der Waals surface area contributed by atoms with E-state index >= 15 is 0 Å². The molecule has 166 valence electrons. The number of para-hydroxylation sites is 1. The lowest BCUT2D eigenvalue weighted by Crippen LogP contribution is -2.15. The number of nitro groups is 1. The summed E-state index contributed by atoms with van der Waals surface area (Å²) in [7, 11) is 0. The third-order valence-electron chi connectivity index (χ3n) is 4.07. The molecule has 9 nitrogen and oxygen atoms in total. The first-order valence-electron chi connectivity index (χ1n) is 9.16. The maximum absolute atomic E-state index is 13.7. The maximum atomic E-state index is 13.7. The molecule has 0 fully saturated rings. The van der Waals surface area contributed by atoms with Crippen molar-refractivity contribution in [3.05, 3.63) is 81.9 Å². The monoisotopic (exact) mass is 477 g/mol. The lowest BCUT2D eigenvalue weighted by atomic mass is 10.3. The van der Waals surface area contributed by atoms with Crippen LogP contribution in [-0.4, -0.2) is 31.3 Å². The Balaban J connectivity index is 1.63. The van der Waals surface area contributed by atoms with Crippen LogP contribution in [0.15, 0.2) is 60.3 Å². The minimum Gasteiger partial charge on any atom is -0.483 e. The summed E-state index contributed by atoms with van der Waals surface area (Å²) in [5, 5.41) is 22.0. The molecule has 0 aliphatic carbocycles. The molecule has 3 aromatic rings. The maximum Gasteiger partial charge on any atom is 0.271 e. The van der Waals surface area contributed by atoms with Crippen molar-refractivity contribution < 1.29 is 18.8 Å². The molecular weight excluding hydrogens is 461 g/mol. The number of hydrogen-bond donors (Lipinski definition) is 1. The van der Waals surface area contributed by atoms with Crippen LogP contribution in [0.25, 0.3) is 0 Å². The largest absolute Gasteiger partial charge is 0.483 e. The van der Waals surface area contributed by atoms with E-state index in [4.69, 9.17) is 16.3 Å². The Hall–Kier alpha value is -3.44. The standard InChI is InChI=1S/C20H17ClFN5O4S/c1-2-9-26-18(11-31-17-6-4-3-5-15(17)22)24-25-20(26)32-12-19(28)23-16-8-7-13(27(29)30)10-14(16)21/h2-8,10H,1,9,11-12H2,(H,23,28). The summed E-state index contributed by atoms with van der Waals surface area (Å²) in [6.45, 7) is 4.04. The number of allylic oxidation sites excluding steroid dienone is 1. The first-order valence-corrected chi connectivity index (χ1v) is 10.5. The van der Waals surface area contributed by atoms with E-state index in [9.17, 15) is 19.3 Å². The van der Waals surface area contributed by atoms with Crippen molar-refractivity contribution >= 4 is 40.6 Å². The highest BCUT2D eigenvalue weighted by Crippen LogP contribution is 2.27. The molecule has 0 unspecified atom stereocenters. The number of aromatic nitrogens is 3. The number of anilines is 1. The molecule has 0 aliphatic heterocycles. The van der Waals surface area contributed by atoms with Gasteiger partial charge in [0.25, 0.3) is 5.69 Å². The van der Waals surface area contributed by atoms with Gasteiger partial charge in [-0.05, 0) is 18.2 Å². The predicted molar refractivity (Wildman–Crippen MR) is 118 cm³/mol. The number of amides is 1. The Morgan fingerprint density at radius 2 is 2.12 bits per heavy atom. The van der Waals surface area contributed by atoms with Crippen LogP contribution in [0.2, 0.25) is 5.02 Å². The van der Waals surface area contributed by atoms with Gasteiger partial charge in [0.1, 0.15) is 6.61 Å². The number of nitro benzene ring substituents is 1. The molecular formula is C20H17ClFN5O4S. The Bertz CT molecular complexity index is 1160. The number of carbonyl (C=O) groups excluding carboxylic acids is 1. The number of carbonyl (C=O) groups is 1. The van der Waals surface area contributed by atoms with Gasteiger partial charge in [0.15, 0.2) is 22.5 Å². The van der Waals surface area contributed by atoms with E-state index in [1.54, 1.807) is 22.8 Å². The zero-order valence-corrected chi connectivity index (χ0v) is 18.1. The summed E-state index contributed by atoms with van der Waals surface area (Å²) in [4.78, 5) is 22.5. The van der Waals surface area contributed by atoms with E-state index in [0.717, 1.165) is 17.8 Å². The van der Waals surface area contributed by atoms with Crippen LogP contribution in [0, 0.1) is 15.9 Å². The van der Waals surface area contributed by atoms with Crippen molar-refractivity contribution in [3.63, 3.8) is 0 Å². The molecule has 0 saturated carbocycles. The fraction of sp³-hybridized carbons (Fsp3) is 0.150. The van der Waals surface area contributed by atoms with Gasteiger partial charge in [-0.3, -0.25) is 19.5 Å². The molecule has 0 aliphatic rings. The van der Waals surface area contributed by atoms with Crippen molar-refractivity contribution in [1.29, 1.82) is 0 Å². The number of benzene rings is 2. The van der Waals surface area contributed by atoms with Gasteiger partial charge in [0, 0.05) is 18.7 Å². The Morgan fingerprint density at radius 1 is 1.34 bits per heavy atom. The Labute approximate surface area is 191 Å². The highest BCUT2D eigenvalue weighted by Gasteiger charge is 2.16. The second kappa shape index (κ2) is 10.7. The normalized spacial score (nSPS) is 10.6. The average Bonchev–Trinajstić information content (AvgIpc) is 3.15. The van der Waals surface area contributed by atoms with E-state index < -0.39 is 10.7 Å². The van der Waals surface area contributed by atoms with Crippen LogP contribution in [-0.2, 0) is 17.9 Å². The van der Waals surface area contributed by atoms with Crippen molar-refractivity contribution in [2.24, 2.45) is 0 Å². The van der Waals surface area contributed by atoms with Crippen LogP contribution >= 0.6 is 23.4 Å². The van der Waals surface area contributed by atoms with Gasteiger partial charge in [-0.1, -0.05) is 41.6 Å². The average molecular weight is 478 g/mol. The van der Waals surface area contributed by atoms with Gasteiger partial charge in [0.2, 0.25) is 5.91 Å². The summed E-state index contributed by atoms with van der Waals surface area (Å²) in [6, 6.07) is 9.79. The van der Waals surface area contributed by atoms with Gasteiger partial charge in [-0.15, -0.1) is 16.8 Å². The zero-order valence-electron chi connectivity index (χ0n) is 16.5. The van der Waals surface area contributed by atoms with Gasteiger partial charge >= 0.3 is 0 Å². The number of ether oxygens (including phenoxy) is 1. The van der Waals surface area contributed by atoms with Gasteiger partial charge in [0.05, 0.1) is 21.4 Å². The number of non-ortho nitro benzene ring substituents is 1. The fourth-order valence-electron chi connectivity index (χ4n) is 2.58. The van der Waals surface area contributed by atoms with E-state index in [0.29, 0.717) is 17.5 Å². The SMILES string of the molecule is C=CCn1c(COc2ccccc2F)nnc1SCC(=O)Nc1ccc([N+](=O)[O-])cc1Cl. The van der Waals surface area contributed by atoms with Crippen LogP contribution in [0.5, 0.6) is 5.75 Å². The molecule has 1 amide bonds. The molecule has 0 radical (unpaired) electrons. The Kier molecular flexibility index (Phi) is 7.79. The number of nitrogens with zero attached hydrogens (tertiary/aromatic N) is 4. The fourth-order valence-corrected chi connectivity index (χ4v) is 3.57. The molecule has 32 heavy (non-hydrogen) atoms. The van der Waals surface area contributed by atoms with Crippen molar-refractivity contribution in [3.8, 4) is 5.75 Å². The van der Waals surface area contributed by atoms with Gasteiger partial charge in [-0.25, -0.2) is 4.39 Å². The van der Waals surface area contributed by atoms with Gasteiger partial charge < -0.3 is 10.1 Å². The minimum absolute atomic E-state index is 0.0171. The molecule has 2 aromatic carbocycles. The number of hydrogen-bond acceptors (Lipinski definition) is 7. The summed E-state index contributed by atoms with van der Waals surface area (Å²) in [5.74, 6) is -0.359. The van der Waals surface area contributed by atoms with Crippen LogP contribution in [0.4, 0.5) is 15.8 Å². The second-order valence-corrected chi connectivity index (χ2v) is 7.62. The highest BCUT2D eigenvalue weighted by molar-refractivity contribution is 7.99. The topological polar surface area (TPSA) is 112 Å². The van der Waals surface area contributed by atoms with Crippen molar-refractivity contribution in [2.75, 3.05) is 11.1 Å². The third-order valence-corrected chi connectivity index (χ3v) is 5.35. The summed E-state index contributed by atoms with van der Waals surface area (Å²) >= 11 is 7.12. The molecule has 12 heteroatoms. The molecule has 1 aromatic heterocycles. The molecule has 0 saturated heterocycles. The minimum atomic E-state index is -0.576. The summed E-state index contributed by atoms with van der Waals surface area (Å²) < 4.78 is 20.9. The number of rotatable bonds is 10. The molecule has 1 N–H and O–H groups in total. The molecule has 3 rings (SSSR count).